The van der Waals surface area contributed by atoms with Crippen LogP contribution in [0.5, 0.6) is 0 Å². The highest BCUT2D eigenvalue weighted by Crippen LogP contribution is 2.29. The van der Waals surface area contributed by atoms with Gasteiger partial charge in [0.2, 0.25) is 5.95 Å². The van der Waals surface area contributed by atoms with Gasteiger partial charge in [0.25, 0.3) is 0 Å². The number of aromatic amines is 1. The van der Waals surface area contributed by atoms with Crippen LogP contribution in [0.25, 0.3) is 11.3 Å². The molecule has 0 radical (unpaired) electrons. The Kier molecular flexibility index (Phi) is 5.00. The van der Waals surface area contributed by atoms with Gasteiger partial charge in [-0.05, 0) is 37.8 Å². The summed E-state index contributed by atoms with van der Waals surface area (Å²) >= 11 is 0. The summed E-state index contributed by atoms with van der Waals surface area (Å²) in [5.74, 6) is 1.02. The summed E-state index contributed by atoms with van der Waals surface area (Å²) in [6.07, 6.45) is 4.21. The Balaban J connectivity index is 1.41. The van der Waals surface area contributed by atoms with Crippen molar-refractivity contribution in [3.8, 4) is 17.3 Å². The van der Waals surface area contributed by atoms with E-state index in [0.29, 0.717) is 36.8 Å². The van der Waals surface area contributed by atoms with Crippen molar-refractivity contribution in [3.63, 3.8) is 0 Å². The number of nitrogens with two attached hydrogens (primary N) is 1. The number of halogens is 1. The summed E-state index contributed by atoms with van der Waals surface area (Å²) < 4.78 is 20.1. The number of hydrogen-bond acceptors (Lipinski definition) is 7. The van der Waals surface area contributed by atoms with E-state index in [-0.39, 0.29) is 17.6 Å². The summed E-state index contributed by atoms with van der Waals surface area (Å²) in [7, 11) is 0. The second kappa shape index (κ2) is 7.96. The molecule has 2 aliphatic rings. The molecule has 1 fully saturated rings. The van der Waals surface area contributed by atoms with Gasteiger partial charge in [0.15, 0.2) is 0 Å². The Bertz CT molecular complexity index is 1150. The number of rotatable bonds is 3. The van der Waals surface area contributed by atoms with E-state index < -0.39 is 5.82 Å². The van der Waals surface area contributed by atoms with Gasteiger partial charge in [-0.3, -0.25) is 0 Å². The number of fused-ring (bicyclic) bond motifs is 1. The molecule has 0 amide bonds. The zero-order chi connectivity index (χ0) is 21.4. The second-order valence-corrected chi connectivity index (χ2v) is 7.84. The fraction of sp³-hybridized carbons (Fsp3) is 0.364. The third kappa shape index (κ3) is 3.82. The highest BCUT2D eigenvalue weighted by Gasteiger charge is 2.27. The van der Waals surface area contributed by atoms with E-state index >= 15 is 0 Å². The Morgan fingerprint density at radius 1 is 1.19 bits per heavy atom. The molecule has 8 nitrogen and oxygen atoms in total. The Labute approximate surface area is 178 Å². The first-order valence-electron chi connectivity index (χ1n) is 10.4. The molecule has 3 N–H and O–H groups in total. The number of nitriles is 1. The average Bonchev–Trinajstić information content (AvgIpc) is 3.23. The number of ether oxygens (including phenoxy) is 1. The molecule has 0 bridgehead atoms. The Hall–Kier alpha value is -3.51. The largest absolute Gasteiger partial charge is 0.368 e. The standard InChI is InChI=1S/C22H22FN7O/c23-15-9-13(5-6-14(15)11-24)18-10-20(29-22(25)28-18)30-7-8-31-19(12-30)21-26-16-3-1-2-4-17(16)27-21/h5-6,9-10,19H,1-4,7-8,12H2,(H,26,27)(H2,25,28,29). The number of aryl methyl sites for hydroxylation is 2. The number of benzene rings is 1. The zero-order valence-corrected chi connectivity index (χ0v) is 16.9. The van der Waals surface area contributed by atoms with Gasteiger partial charge in [-0.1, -0.05) is 6.07 Å². The summed E-state index contributed by atoms with van der Waals surface area (Å²) in [6, 6.07) is 7.99. The lowest BCUT2D eigenvalue weighted by atomic mass is 10.0. The Morgan fingerprint density at radius 3 is 2.87 bits per heavy atom. The molecule has 158 valence electrons. The van der Waals surface area contributed by atoms with Crippen LogP contribution in [0.3, 0.4) is 0 Å². The maximum absolute atomic E-state index is 14.1. The number of anilines is 2. The molecule has 1 saturated heterocycles. The van der Waals surface area contributed by atoms with Crippen molar-refractivity contribution in [2.24, 2.45) is 0 Å². The first kappa shape index (κ1) is 19.5. The highest BCUT2D eigenvalue weighted by molar-refractivity contribution is 5.65. The van der Waals surface area contributed by atoms with E-state index in [2.05, 4.69) is 19.9 Å². The van der Waals surface area contributed by atoms with Crippen LogP contribution < -0.4 is 10.6 Å². The van der Waals surface area contributed by atoms with Gasteiger partial charge in [-0.25, -0.2) is 14.4 Å². The first-order chi connectivity index (χ1) is 15.1. The molecule has 1 aliphatic heterocycles. The van der Waals surface area contributed by atoms with Gasteiger partial charge in [0, 0.05) is 23.9 Å². The fourth-order valence-corrected chi connectivity index (χ4v) is 4.18. The van der Waals surface area contributed by atoms with Gasteiger partial charge in [-0.15, -0.1) is 0 Å². The van der Waals surface area contributed by atoms with E-state index in [1.807, 2.05) is 6.07 Å². The molecule has 3 aromatic rings. The Morgan fingerprint density at radius 2 is 2.06 bits per heavy atom. The van der Waals surface area contributed by atoms with Gasteiger partial charge in [-0.2, -0.15) is 10.2 Å². The van der Waals surface area contributed by atoms with Crippen LogP contribution in [0.15, 0.2) is 24.3 Å². The van der Waals surface area contributed by atoms with Crippen molar-refractivity contribution >= 4 is 11.8 Å². The minimum Gasteiger partial charge on any atom is -0.368 e. The first-order valence-corrected chi connectivity index (χ1v) is 10.4. The van der Waals surface area contributed by atoms with Crippen molar-refractivity contribution in [1.82, 2.24) is 19.9 Å². The number of nitrogens with one attached hydrogen (secondary N) is 1. The third-order valence-electron chi connectivity index (χ3n) is 5.78. The highest BCUT2D eigenvalue weighted by atomic mass is 19.1. The number of hydrogen-bond donors (Lipinski definition) is 2. The predicted molar refractivity (Wildman–Crippen MR) is 113 cm³/mol. The number of H-pyrrole nitrogens is 1. The number of morpholine rings is 1. The predicted octanol–water partition coefficient (Wildman–Crippen LogP) is 2.92. The van der Waals surface area contributed by atoms with Crippen LogP contribution in [0.4, 0.5) is 16.2 Å². The molecule has 3 heterocycles. The van der Waals surface area contributed by atoms with Crippen LogP contribution in [0.2, 0.25) is 0 Å². The molecule has 1 unspecified atom stereocenters. The van der Waals surface area contributed by atoms with Gasteiger partial charge < -0.3 is 20.4 Å². The summed E-state index contributed by atoms with van der Waals surface area (Å²) in [4.78, 5) is 19.0. The van der Waals surface area contributed by atoms with Gasteiger partial charge in [0.05, 0.1) is 30.1 Å². The lowest BCUT2D eigenvalue weighted by Crippen LogP contribution is -2.39. The minimum atomic E-state index is -0.591. The van der Waals surface area contributed by atoms with Gasteiger partial charge >= 0.3 is 0 Å². The number of nitrogens with zero attached hydrogens (tertiary/aromatic N) is 5. The van der Waals surface area contributed by atoms with E-state index in [9.17, 15) is 4.39 Å². The minimum absolute atomic E-state index is 0.0110. The molecule has 0 spiro atoms. The lowest BCUT2D eigenvalue weighted by molar-refractivity contribution is 0.0342. The van der Waals surface area contributed by atoms with E-state index in [1.165, 1.54) is 30.7 Å². The van der Waals surface area contributed by atoms with Crippen LogP contribution in [-0.2, 0) is 17.6 Å². The molecule has 0 saturated carbocycles. The number of aromatic nitrogens is 4. The summed E-state index contributed by atoms with van der Waals surface area (Å²) in [5.41, 5.74) is 9.37. The van der Waals surface area contributed by atoms with Gasteiger partial charge in [0.1, 0.15) is 29.6 Å². The van der Waals surface area contributed by atoms with Crippen molar-refractivity contribution < 1.29 is 9.13 Å². The molecule has 9 heteroatoms. The quantitative estimate of drug-likeness (QED) is 0.670. The fourth-order valence-electron chi connectivity index (χ4n) is 4.18. The molecule has 31 heavy (non-hydrogen) atoms. The number of imidazole rings is 1. The number of nitrogen functional groups attached to an aromatic ring is 1. The van der Waals surface area contributed by atoms with Crippen molar-refractivity contribution in [2.45, 2.75) is 31.8 Å². The van der Waals surface area contributed by atoms with E-state index in [0.717, 1.165) is 24.4 Å². The topological polar surface area (TPSA) is 117 Å². The molecular formula is C22H22FN7O. The summed E-state index contributed by atoms with van der Waals surface area (Å²) in [6.45, 7) is 1.75. The SMILES string of the molecule is N#Cc1ccc(-c2cc(N3CCOC(c4nc5c([nH]4)CCCC5)C3)nc(N)n2)cc1F. The van der Waals surface area contributed by atoms with Crippen LogP contribution in [0, 0.1) is 17.1 Å². The second-order valence-electron chi connectivity index (χ2n) is 7.84. The van der Waals surface area contributed by atoms with Crippen molar-refractivity contribution in [2.75, 3.05) is 30.3 Å². The smallest absolute Gasteiger partial charge is 0.222 e. The monoisotopic (exact) mass is 419 g/mol. The van der Waals surface area contributed by atoms with Crippen molar-refractivity contribution in [1.29, 1.82) is 5.26 Å². The molecule has 1 aliphatic carbocycles. The molecular weight excluding hydrogens is 397 g/mol. The average molecular weight is 419 g/mol. The molecule has 2 aromatic heterocycles. The molecule has 5 rings (SSSR count). The third-order valence-corrected chi connectivity index (χ3v) is 5.78. The molecule has 1 atom stereocenters. The van der Waals surface area contributed by atoms with Crippen LogP contribution in [0.1, 0.15) is 41.7 Å². The van der Waals surface area contributed by atoms with Crippen molar-refractivity contribution in [3.05, 3.63) is 52.9 Å². The molecule has 1 aromatic carbocycles. The van der Waals surface area contributed by atoms with Crippen LogP contribution >= 0.6 is 0 Å². The maximum atomic E-state index is 14.1. The van der Waals surface area contributed by atoms with Crippen LogP contribution in [-0.4, -0.2) is 39.6 Å². The maximum Gasteiger partial charge on any atom is 0.222 e. The van der Waals surface area contributed by atoms with E-state index in [1.54, 1.807) is 12.1 Å². The van der Waals surface area contributed by atoms with E-state index in [4.69, 9.17) is 20.7 Å². The normalized spacial score (nSPS) is 18.5. The summed E-state index contributed by atoms with van der Waals surface area (Å²) in [5, 5.41) is 8.95. The zero-order valence-electron chi connectivity index (χ0n) is 16.9. The lowest BCUT2D eigenvalue weighted by Gasteiger charge is -2.33.